The van der Waals surface area contributed by atoms with Crippen molar-refractivity contribution < 1.29 is 17.9 Å². The van der Waals surface area contributed by atoms with Gasteiger partial charge in [-0.15, -0.1) is 11.3 Å². The molecule has 1 fully saturated rings. The van der Waals surface area contributed by atoms with Gasteiger partial charge in [-0.3, -0.25) is 0 Å². The van der Waals surface area contributed by atoms with Gasteiger partial charge in [0.25, 0.3) is 0 Å². The van der Waals surface area contributed by atoms with Crippen LogP contribution in [-0.4, -0.2) is 66.9 Å². The molecular weight excluding hydrogens is 452 g/mol. The predicted molar refractivity (Wildman–Crippen MR) is 121 cm³/mol. The van der Waals surface area contributed by atoms with E-state index >= 15 is 0 Å². The lowest BCUT2D eigenvalue weighted by Gasteiger charge is -2.34. The van der Waals surface area contributed by atoms with E-state index in [-0.39, 0.29) is 22.9 Å². The van der Waals surface area contributed by atoms with Crippen LogP contribution in [0.1, 0.15) is 15.2 Å². The van der Waals surface area contributed by atoms with Gasteiger partial charge >= 0.3 is 5.97 Å². The van der Waals surface area contributed by atoms with Crippen LogP contribution in [0.15, 0.2) is 47.1 Å². The molecule has 3 aromatic heterocycles. The molecule has 1 N–H and O–H groups in total. The molecule has 0 saturated carbocycles. The summed E-state index contributed by atoms with van der Waals surface area (Å²) in [5.41, 5.74) is 1.08. The van der Waals surface area contributed by atoms with E-state index in [1.807, 2.05) is 30.0 Å². The van der Waals surface area contributed by atoms with E-state index in [0.717, 1.165) is 16.9 Å². The van der Waals surface area contributed by atoms with Crippen molar-refractivity contribution in [3.63, 3.8) is 0 Å². The fourth-order valence-corrected chi connectivity index (χ4v) is 6.09. The quantitative estimate of drug-likeness (QED) is 0.537. The monoisotopic (exact) mass is 474 g/mol. The Hall–Kier alpha value is -3.09. The second-order valence-corrected chi connectivity index (χ2v) is 9.92. The number of carbonyl (C=O) groups excluding carboxylic acids is 1. The molecule has 1 aliphatic rings. The summed E-state index contributed by atoms with van der Waals surface area (Å²) < 4.78 is 32.3. The molecule has 0 unspecified atom stereocenters. The van der Waals surface area contributed by atoms with Crippen molar-refractivity contribution in [2.24, 2.45) is 0 Å². The number of rotatable bonds is 6. The second kappa shape index (κ2) is 9.18. The number of hydrogen-bond acceptors (Lipinski definition) is 10. The number of esters is 1. The molecule has 10 nitrogen and oxygen atoms in total. The van der Waals surface area contributed by atoms with Crippen LogP contribution in [0.3, 0.4) is 0 Å². The molecule has 1 saturated heterocycles. The third-order valence-electron chi connectivity index (χ3n) is 5.00. The van der Waals surface area contributed by atoms with Gasteiger partial charge in [0.15, 0.2) is 0 Å². The largest absolute Gasteiger partial charge is 0.465 e. The lowest BCUT2D eigenvalue weighted by atomic mass is 10.3. The van der Waals surface area contributed by atoms with Crippen LogP contribution in [0.2, 0.25) is 0 Å². The Bertz CT molecular complexity index is 1220. The van der Waals surface area contributed by atoms with Crippen LogP contribution in [0.4, 0.5) is 17.5 Å². The van der Waals surface area contributed by atoms with E-state index in [0.29, 0.717) is 30.5 Å². The van der Waals surface area contributed by atoms with Crippen LogP contribution in [0, 0.1) is 6.92 Å². The van der Waals surface area contributed by atoms with Crippen LogP contribution in [-0.2, 0) is 14.8 Å². The number of anilines is 3. The minimum atomic E-state index is -3.80. The van der Waals surface area contributed by atoms with Crippen molar-refractivity contribution in [1.82, 2.24) is 19.3 Å². The topological polar surface area (TPSA) is 118 Å². The molecule has 4 heterocycles. The number of carbonyl (C=O) groups is 1. The van der Waals surface area contributed by atoms with Crippen molar-refractivity contribution in [3.05, 3.63) is 52.6 Å². The molecule has 0 bridgehead atoms. The van der Waals surface area contributed by atoms with Gasteiger partial charge in [-0.2, -0.15) is 4.31 Å². The molecule has 0 aliphatic carbocycles. The molecule has 168 valence electrons. The number of piperazine rings is 1. The summed E-state index contributed by atoms with van der Waals surface area (Å²) in [6, 6.07) is 7.08. The molecular formula is C20H22N6O4S2. The number of aromatic nitrogens is 3. The number of nitrogens with one attached hydrogen (secondary N) is 1. The van der Waals surface area contributed by atoms with Crippen molar-refractivity contribution >= 4 is 44.8 Å². The first-order valence-corrected chi connectivity index (χ1v) is 12.1. The fourth-order valence-electron chi connectivity index (χ4n) is 3.36. The van der Waals surface area contributed by atoms with Crippen LogP contribution in [0.25, 0.3) is 0 Å². The number of ether oxygens (including phenoxy) is 1. The molecule has 0 aromatic carbocycles. The SMILES string of the molecule is COC(=O)c1sccc1S(=O)(=O)N1CCN(c2cc(Nc3cc(C)ccn3)ncn2)CC1. The van der Waals surface area contributed by atoms with Crippen molar-refractivity contribution in [2.75, 3.05) is 43.5 Å². The standard InChI is InChI=1S/C20H22N6O4S2/c1-14-3-5-21-16(11-14)24-17-12-18(23-13-22-17)25-6-8-26(9-7-25)32(28,29)15-4-10-31-19(15)20(27)30-2/h3-5,10-13H,6-9H2,1-2H3,(H,21,22,23,24). The highest BCUT2D eigenvalue weighted by Gasteiger charge is 2.33. The Kier molecular flexibility index (Phi) is 6.35. The highest BCUT2D eigenvalue weighted by Crippen LogP contribution is 2.27. The number of hydrogen-bond donors (Lipinski definition) is 1. The zero-order chi connectivity index (χ0) is 22.7. The number of nitrogens with zero attached hydrogens (tertiary/aromatic N) is 5. The first-order chi connectivity index (χ1) is 15.4. The molecule has 1 aliphatic heterocycles. The van der Waals surface area contributed by atoms with E-state index in [1.54, 1.807) is 11.6 Å². The Balaban J connectivity index is 1.45. The van der Waals surface area contributed by atoms with Crippen LogP contribution < -0.4 is 10.2 Å². The lowest BCUT2D eigenvalue weighted by Crippen LogP contribution is -2.49. The van der Waals surface area contributed by atoms with E-state index in [1.165, 1.54) is 23.8 Å². The number of thiophene rings is 1. The van der Waals surface area contributed by atoms with Crippen LogP contribution in [0.5, 0.6) is 0 Å². The molecule has 4 rings (SSSR count). The number of aryl methyl sites for hydroxylation is 1. The van der Waals surface area contributed by atoms with E-state index in [2.05, 4.69) is 20.3 Å². The maximum Gasteiger partial charge on any atom is 0.349 e. The van der Waals surface area contributed by atoms with E-state index in [9.17, 15) is 13.2 Å². The molecule has 12 heteroatoms. The third kappa shape index (κ3) is 4.56. The van der Waals surface area contributed by atoms with Crippen LogP contribution >= 0.6 is 11.3 Å². The molecule has 0 radical (unpaired) electrons. The van der Waals surface area contributed by atoms with Gasteiger partial charge in [0, 0.05) is 38.4 Å². The van der Waals surface area contributed by atoms with Gasteiger partial charge in [0.1, 0.15) is 33.6 Å². The number of methoxy groups -OCH3 is 1. The molecule has 0 atom stereocenters. The minimum Gasteiger partial charge on any atom is -0.465 e. The number of pyridine rings is 1. The lowest BCUT2D eigenvalue weighted by molar-refractivity contribution is 0.0602. The highest BCUT2D eigenvalue weighted by atomic mass is 32.2. The summed E-state index contributed by atoms with van der Waals surface area (Å²) in [6.07, 6.45) is 3.18. The summed E-state index contributed by atoms with van der Waals surface area (Å²) in [6.45, 7) is 3.43. The second-order valence-electron chi connectivity index (χ2n) is 7.10. The summed E-state index contributed by atoms with van der Waals surface area (Å²) in [4.78, 5) is 26.8. The Morgan fingerprint density at radius 1 is 1.09 bits per heavy atom. The Morgan fingerprint density at radius 3 is 2.56 bits per heavy atom. The highest BCUT2D eigenvalue weighted by molar-refractivity contribution is 7.89. The van der Waals surface area contributed by atoms with Crippen molar-refractivity contribution in [3.8, 4) is 0 Å². The summed E-state index contributed by atoms with van der Waals surface area (Å²) in [5.74, 6) is 1.33. The van der Waals surface area contributed by atoms with Gasteiger partial charge in [-0.05, 0) is 36.1 Å². The molecule has 0 amide bonds. The zero-order valence-electron chi connectivity index (χ0n) is 17.6. The van der Waals surface area contributed by atoms with E-state index in [4.69, 9.17) is 4.74 Å². The number of sulfonamides is 1. The minimum absolute atomic E-state index is 0.0121. The van der Waals surface area contributed by atoms with E-state index < -0.39 is 16.0 Å². The Labute approximate surface area is 189 Å². The predicted octanol–water partition coefficient (Wildman–Crippen LogP) is 2.28. The third-order valence-corrected chi connectivity index (χ3v) is 7.97. The Morgan fingerprint density at radius 2 is 1.84 bits per heavy atom. The molecule has 32 heavy (non-hydrogen) atoms. The van der Waals surface area contributed by atoms with Crippen molar-refractivity contribution in [1.29, 1.82) is 0 Å². The summed E-state index contributed by atoms with van der Waals surface area (Å²) in [7, 11) is -2.57. The average Bonchev–Trinajstić information content (AvgIpc) is 3.30. The van der Waals surface area contributed by atoms with Gasteiger partial charge in [0.2, 0.25) is 10.0 Å². The average molecular weight is 475 g/mol. The normalized spacial score (nSPS) is 14.9. The first-order valence-electron chi connectivity index (χ1n) is 9.81. The van der Waals surface area contributed by atoms with Gasteiger partial charge < -0.3 is 15.0 Å². The van der Waals surface area contributed by atoms with Crippen molar-refractivity contribution in [2.45, 2.75) is 11.8 Å². The maximum atomic E-state index is 13.1. The first kappa shape index (κ1) is 22.1. The van der Waals surface area contributed by atoms with Gasteiger partial charge in [-0.1, -0.05) is 0 Å². The van der Waals surface area contributed by atoms with Gasteiger partial charge in [-0.25, -0.2) is 28.2 Å². The zero-order valence-corrected chi connectivity index (χ0v) is 19.2. The van der Waals surface area contributed by atoms with Gasteiger partial charge in [0.05, 0.1) is 7.11 Å². The molecule has 0 spiro atoms. The smallest absolute Gasteiger partial charge is 0.349 e. The summed E-state index contributed by atoms with van der Waals surface area (Å²) in [5, 5.41) is 4.74. The maximum absolute atomic E-state index is 13.1. The molecule has 3 aromatic rings. The fraction of sp³-hybridized carbons (Fsp3) is 0.300. The summed E-state index contributed by atoms with van der Waals surface area (Å²) >= 11 is 1.05.